The fraction of sp³-hybridized carbons (Fsp3) is 0.667. The molecule has 0 aliphatic carbocycles. The van der Waals surface area contributed by atoms with Gasteiger partial charge in [0, 0.05) is 32.6 Å². The van der Waals surface area contributed by atoms with Crippen LogP contribution in [0.1, 0.15) is 33.1 Å². The number of amidine groups is 1. The first kappa shape index (κ1) is 23.1. The van der Waals surface area contributed by atoms with E-state index in [0.29, 0.717) is 0 Å². The third-order valence-corrected chi connectivity index (χ3v) is 4.87. The number of carbonyl (C=O) groups excluding carboxylic acids is 1. The van der Waals surface area contributed by atoms with Crippen LogP contribution in [-0.4, -0.2) is 71.6 Å². The predicted octanol–water partition coefficient (Wildman–Crippen LogP) is 2.89. The summed E-state index contributed by atoms with van der Waals surface area (Å²) in [5, 5.41) is 4.75. The maximum Gasteiger partial charge on any atom is 0.429 e. The molecule has 0 bridgehead atoms. The number of allylic oxidation sites excluding steroid dienone is 3. The van der Waals surface area contributed by atoms with E-state index in [1.807, 2.05) is 0 Å². The average Bonchev–Trinajstić information content (AvgIpc) is 2.95. The molecule has 0 spiro atoms. The normalized spacial score (nSPS) is 22.4. The molecule has 1 amide bonds. The van der Waals surface area contributed by atoms with Gasteiger partial charge in [-0.05, 0) is 31.4 Å². The van der Waals surface area contributed by atoms with Crippen molar-refractivity contribution >= 4 is 11.7 Å². The van der Waals surface area contributed by atoms with Crippen LogP contribution in [-0.2, 0) is 4.79 Å². The van der Waals surface area contributed by atoms with Crippen molar-refractivity contribution in [2.24, 2.45) is 10.8 Å². The molecular weight excluding hydrogens is 397 g/mol. The lowest BCUT2D eigenvalue weighted by molar-refractivity contribution is -0.205. The highest BCUT2D eigenvalue weighted by Crippen LogP contribution is 2.32. The number of rotatable bonds is 6. The van der Waals surface area contributed by atoms with E-state index in [9.17, 15) is 26.7 Å². The van der Waals surface area contributed by atoms with Gasteiger partial charge in [0.1, 0.15) is 11.7 Å². The molecule has 164 valence electrons. The van der Waals surface area contributed by atoms with Crippen molar-refractivity contribution in [1.29, 1.82) is 0 Å². The molecule has 0 radical (unpaired) electrons. The van der Waals surface area contributed by atoms with E-state index in [1.54, 1.807) is 6.92 Å². The van der Waals surface area contributed by atoms with E-state index >= 15 is 0 Å². The van der Waals surface area contributed by atoms with Gasteiger partial charge in [-0.25, -0.2) is 8.78 Å². The molecule has 1 unspecified atom stereocenters. The number of fused-ring (bicyclic) bond motifs is 1. The molecule has 1 saturated heterocycles. The largest absolute Gasteiger partial charge is 0.429 e. The molecule has 6 nitrogen and oxygen atoms in total. The SMILES string of the molecule is CC/C(F)=C\C(C[C@@H](N)CC(=O)N1CCN2C(=NN(C)C2C(F)(F)F)C1)=C(/C)F. The first-order valence-corrected chi connectivity index (χ1v) is 9.32. The van der Waals surface area contributed by atoms with Crippen LogP contribution in [0.5, 0.6) is 0 Å². The molecule has 0 aromatic heterocycles. The topological polar surface area (TPSA) is 65.2 Å². The van der Waals surface area contributed by atoms with Crippen LogP contribution < -0.4 is 5.73 Å². The van der Waals surface area contributed by atoms with Gasteiger partial charge in [-0.2, -0.15) is 18.3 Å². The summed E-state index contributed by atoms with van der Waals surface area (Å²) >= 11 is 0. The van der Waals surface area contributed by atoms with Crippen molar-refractivity contribution in [2.75, 3.05) is 26.7 Å². The zero-order chi connectivity index (χ0) is 21.9. The maximum atomic E-state index is 13.6. The Morgan fingerprint density at radius 3 is 2.52 bits per heavy atom. The quantitative estimate of drug-likeness (QED) is 0.527. The maximum absolute atomic E-state index is 13.6. The Kier molecular flexibility index (Phi) is 7.25. The summed E-state index contributed by atoms with van der Waals surface area (Å²) in [6.45, 7) is 2.81. The standard InChI is InChI=1S/C18H26F5N5O/c1-4-13(20)7-12(11(2)19)8-14(24)9-16(29)27-5-6-28-15(10-27)25-26(3)17(28)18(21,22)23/h7,14,17H,4-6,8-10,24H2,1-3H3/b12-11-,13-7+/t14-,17?/m1/s1. The highest BCUT2D eigenvalue weighted by atomic mass is 19.4. The highest BCUT2D eigenvalue weighted by Gasteiger charge is 2.52. The molecule has 2 rings (SSSR count). The zero-order valence-electron chi connectivity index (χ0n) is 16.6. The van der Waals surface area contributed by atoms with Crippen LogP contribution in [0, 0.1) is 0 Å². The van der Waals surface area contributed by atoms with Crippen LogP contribution >= 0.6 is 0 Å². The van der Waals surface area contributed by atoms with Crippen molar-refractivity contribution in [3.8, 4) is 0 Å². The van der Waals surface area contributed by atoms with Crippen molar-refractivity contribution < 1.29 is 26.7 Å². The molecule has 2 aliphatic heterocycles. The second-order valence-corrected chi connectivity index (χ2v) is 7.19. The average molecular weight is 423 g/mol. The Hall–Kier alpha value is -2.17. The summed E-state index contributed by atoms with van der Waals surface area (Å²) < 4.78 is 66.7. The predicted molar refractivity (Wildman–Crippen MR) is 98.8 cm³/mol. The monoisotopic (exact) mass is 423 g/mol. The number of nitrogens with two attached hydrogens (primary N) is 1. The molecule has 2 aliphatic rings. The van der Waals surface area contributed by atoms with Gasteiger partial charge in [-0.3, -0.25) is 9.80 Å². The second-order valence-electron chi connectivity index (χ2n) is 7.19. The number of carbonyl (C=O) groups is 1. The van der Waals surface area contributed by atoms with Gasteiger partial charge in [-0.15, -0.1) is 0 Å². The Morgan fingerprint density at radius 2 is 1.97 bits per heavy atom. The summed E-state index contributed by atoms with van der Waals surface area (Å²) in [4.78, 5) is 15.0. The summed E-state index contributed by atoms with van der Waals surface area (Å²) in [7, 11) is 1.24. The second kappa shape index (κ2) is 9.10. The van der Waals surface area contributed by atoms with E-state index in [0.717, 1.165) is 16.0 Å². The van der Waals surface area contributed by atoms with Gasteiger partial charge in [-0.1, -0.05) is 6.92 Å². The van der Waals surface area contributed by atoms with E-state index < -0.39 is 30.0 Å². The van der Waals surface area contributed by atoms with E-state index in [-0.39, 0.29) is 56.2 Å². The lowest BCUT2D eigenvalue weighted by Crippen LogP contribution is -2.58. The van der Waals surface area contributed by atoms with Crippen molar-refractivity contribution in [1.82, 2.24) is 14.8 Å². The van der Waals surface area contributed by atoms with Gasteiger partial charge in [0.25, 0.3) is 0 Å². The summed E-state index contributed by atoms with van der Waals surface area (Å²) in [5.41, 5.74) is 6.03. The number of amides is 1. The summed E-state index contributed by atoms with van der Waals surface area (Å²) in [5.74, 6) is -1.27. The molecule has 2 atom stereocenters. The van der Waals surface area contributed by atoms with E-state index in [4.69, 9.17) is 5.73 Å². The number of piperazine rings is 1. The van der Waals surface area contributed by atoms with Crippen LogP contribution in [0.15, 0.2) is 28.4 Å². The van der Waals surface area contributed by atoms with Gasteiger partial charge in [0.15, 0.2) is 0 Å². The molecule has 29 heavy (non-hydrogen) atoms. The van der Waals surface area contributed by atoms with Crippen LogP contribution in [0.4, 0.5) is 22.0 Å². The lowest BCUT2D eigenvalue weighted by Gasteiger charge is -2.38. The fourth-order valence-corrected chi connectivity index (χ4v) is 3.39. The molecule has 2 heterocycles. The van der Waals surface area contributed by atoms with Crippen molar-refractivity contribution in [3.63, 3.8) is 0 Å². The fourth-order valence-electron chi connectivity index (χ4n) is 3.39. The minimum absolute atomic E-state index is 0.00643. The Morgan fingerprint density at radius 1 is 1.31 bits per heavy atom. The smallest absolute Gasteiger partial charge is 0.333 e. The summed E-state index contributed by atoms with van der Waals surface area (Å²) in [6.07, 6.45) is -5.27. The number of hydrogen-bond acceptors (Lipinski definition) is 5. The van der Waals surface area contributed by atoms with Gasteiger partial charge in [0.05, 0.1) is 12.4 Å². The lowest BCUT2D eigenvalue weighted by atomic mass is 10.0. The molecule has 0 aromatic rings. The number of alkyl halides is 3. The van der Waals surface area contributed by atoms with Crippen molar-refractivity contribution in [2.45, 2.75) is 51.5 Å². The Labute approximate surface area is 166 Å². The Bertz CT molecular complexity index is 714. The summed E-state index contributed by atoms with van der Waals surface area (Å²) in [6, 6.07) is -0.752. The third kappa shape index (κ3) is 5.68. The first-order chi connectivity index (χ1) is 13.4. The molecule has 2 N–H and O–H groups in total. The number of nitrogens with zero attached hydrogens (tertiary/aromatic N) is 4. The third-order valence-electron chi connectivity index (χ3n) is 4.87. The van der Waals surface area contributed by atoms with E-state index in [2.05, 4.69) is 5.10 Å². The van der Waals surface area contributed by atoms with Crippen LogP contribution in [0.25, 0.3) is 0 Å². The number of halogens is 5. The van der Waals surface area contributed by atoms with Gasteiger partial charge < -0.3 is 15.5 Å². The molecule has 0 saturated carbocycles. The molecule has 0 aromatic carbocycles. The zero-order valence-corrected chi connectivity index (χ0v) is 16.6. The Balaban J connectivity index is 1.97. The number of hydrazone groups is 1. The number of hydrogen-bond donors (Lipinski definition) is 1. The first-order valence-electron chi connectivity index (χ1n) is 9.32. The highest BCUT2D eigenvalue weighted by molar-refractivity contribution is 5.90. The van der Waals surface area contributed by atoms with Gasteiger partial charge >= 0.3 is 6.18 Å². The molecule has 1 fully saturated rings. The van der Waals surface area contributed by atoms with Crippen LogP contribution in [0.2, 0.25) is 0 Å². The minimum atomic E-state index is -4.47. The van der Waals surface area contributed by atoms with E-state index in [1.165, 1.54) is 18.9 Å². The van der Waals surface area contributed by atoms with Gasteiger partial charge in [0.2, 0.25) is 12.1 Å². The van der Waals surface area contributed by atoms with Crippen molar-refractivity contribution in [3.05, 3.63) is 23.3 Å². The minimum Gasteiger partial charge on any atom is -0.333 e. The molecular formula is C18H26F5N5O. The van der Waals surface area contributed by atoms with Crippen LogP contribution in [0.3, 0.4) is 0 Å². The molecule has 11 heteroatoms.